The number of aliphatic hydroxyl groups is 1. The van der Waals surface area contributed by atoms with E-state index in [1.807, 2.05) is 0 Å². The Morgan fingerprint density at radius 1 is 1.64 bits per heavy atom. The fourth-order valence-corrected chi connectivity index (χ4v) is 0.894. The van der Waals surface area contributed by atoms with Gasteiger partial charge in [0.05, 0.1) is 18.3 Å². The third-order valence-electron chi connectivity index (χ3n) is 1.31. The lowest BCUT2D eigenvalue weighted by Gasteiger charge is -2.06. The molecule has 0 aliphatic carbocycles. The monoisotopic (exact) mass is 172 g/mol. The summed E-state index contributed by atoms with van der Waals surface area (Å²) in [7, 11) is 0. The normalized spacial score (nSPS) is 13.0. The van der Waals surface area contributed by atoms with Crippen molar-refractivity contribution in [3.8, 4) is 0 Å². The minimum Gasteiger partial charge on any atom is -0.394 e. The summed E-state index contributed by atoms with van der Waals surface area (Å²) in [6.45, 7) is -0.118. The molecule has 0 bridgehead atoms. The van der Waals surface area contributed by atoms with E-state index >= 15 is 0 Å². The standard InChI is InChI=1S/C7H9ClN2O/c8-7-3-1-2-6(10-7)5(9)4-11/h1-3,5,11H,4,9H2/t5-/m1/s1. The van der Waals surface area contributed by atoms with Crippen LogP contribution in [0.25, 0.3) is 0 Å². The molecule has 0 spiro atoms. The highest BCUT2D eigenvalue weighted by atomic mass is 35.5. The van der Waals surface area contributed by atoms with Crippen LogP contribution in [0.2, 0.25) is 5.15 Å². The van der Waals surface area contributed by atoms with Gasteiger partial charge in [0.1, 0.15) is 5.15 Å². The summed E-state index contributed by atoms with van der Waals surface area (Å²) < 4.78 is 0. The van der Waals surface area contributed by atoms with Crippen LogP contribution in [0.3, 0.4) is 0 Å². The Labute approximate surface area is 69.8 Å². The third kappa shape index (κ3) is 2.15. The van der Waals surface area contributed by atoms with E-state index in [1.54, 1.807) is 18.2 Å². The van der Waals surface area contributed by atoms with E-state index in [0.717, 1.165) is 0 Å². The molecule has 0 saturated heterocycles. The summed E-state index contributed by atoms with van der Waals surface area (Å²) in [6, 6.07) is 4.70. The van der Waals surface area contributed by atoms with E-state index in [4.69, 9.17) is 22.4 Å². The third-order valence-corrected chi connectivity index (χ3v) is 1.52. The van der Waals surface area contributed by atoms with Gasteiger partial charge in [0.2, 0.25) is 0 Å². The van der Waals surface area contributed by atoms with Crippen molar-refractivity contribution in [1.29, 1.82) is 0 Å². The van der Waals surface area contributed by atoms with Crippen molar-refractivity contribution in [2.45, 2.75) is 6.04 Å². The molecule has 0 aromatic carbocycles. The van der Waals surface area contributed by atoms with Crippen LogP contribution < -0.4 is 5.73 Å². The van der Waals surface area contributed by atoms with Gasteiger partial charge >= 0.3 is 0 Å². The Morgan fingerprint density at radius 2 is 2.36 bits per heavy atom. The molecule has 0 radical (unpaired) electrons. The zero-order valence-corrected chi connectivity index (χ0v) is 6.62. The maximum atomic E-state index is 8.67. The fraction of sp³-hybridized carbons (Fsp3) is 0.286. The topological polar surface area (TPSA) is 59.1 Å². The molecule has 1 rings (SSSR count). The van der Waals surface area contributed by atoms with Gasteiger partial charge in [-0.15, -0.1) is 0 Å². The number of halogens is 1. The van der Waals surface area contributed by atoms with Crippen LogP contribution in [0, 0.1) is 0 Å². The molecule has 1 atom stereocenters. The first-order chi connectivity index (χ1) is 5.24. The van der Waals surface area contributed by atoms with E-state index in [-0.39, 0.29) is 6.61 Å². The quantitative estimate of drug-likeness (QED) is 0.647. The van der Waals surface area contributed by atoms with Crippen molar-refractivity contribution in [2.75, 3.05) is 6.61 Å². The van der Waals surface area contributed by atoms with Crippen LogP contribution in [-0.2, 0) is 0 Å². The predicted molar refractivity (Wildman–Crippen MR) is 43.3 cm³/mol. The molecule has 0 unspecified atom stereocenters. The summed E-state index contributed by atoms with van der Waals surface area (Å²) in [4.78, 5) is 3.92. The van der Waals surface area contributed by atoms with Gasteiger partial charge in [0, 0.05) is 0 Å². The average Bonchev–Trinajstić information content (AvgIpc) is 2.03. The second-order valence-electron chi connectivity index (χ2n) is 2.17. The molecule has 0 aliphatic heterocycles. The largest absolute Gasteiger partial charge is 0.394 e. The van der Waals surface area contributed by atoms with E-state index in [0.29, 0.717) is 10.8 Å². The van der Waals surface area contributed by atoms with Gasteiger partial charge in [0.15, 0.2) is 0 Å². The fourth-order valence-electron chi connectivity index (χ4n) is 0.724. The lowest BCUT2D eigenvalue weighted by molar-refractivity contribution is 0.266. The Bertz CT molecular complexity index is 242. The number of nitrogens with zero attached hydrogens (tertiary/aromatic N) is 1. The van der Waals surface area contributed by atoms with Crippen LogP contribution in [0.4, 0.5) is 0 Å². The summed E-state index contributed by atoms with van der Waals surface area (Å²) in [6.07, 6.45) is 0. The van der Waals surface area contributed by atoms with Gasteiger partial charge in [-0.3, -0.25) is 0 Å². The highest BCUT2D eigenvalue weighted by Crippen LogP contribution is 2.10. The van der Waals surface area contributed by atoms with E-state index in [9.17, 15) is 0 Å². The van der Waals surface area contributed by atoms with Gasteiger partial charge < -0.3 is 10.8 Å². The van der Waals surface area contributed by atoms with Gasteiger partial charge in [-0.25, -0.2) is 4.98 Å². The Balaban J connectivity index is 2.86. The average molecular weight is 173 g/mol. The van der Waals surface area contributed by atoms with Crippen LogP contribution in [0.1, 0.15) is 11.7 Å². The highest BCUT2D eigenvalue weighted by molar-refractivity contribution is 6.29. The predicted octanol–water partition coefficient (Wildman–Crippen LogP) is 0.727. The maximum absolute atomic E-state index is 8.67. The maximum Gasteiger partial charge on any atom is 0.129 e. The molecule has 0 amide bonds. The molecule has 1 aromatic heterocycles. The van der Waals surface area contributed by atoms with Crippen LogP contribution in [0.15, 0.2) is 18.2 Å². The SMILES string of the molecule is N[C@H](CO)c1cccc(Cl)n1. The summed E-state index contributed by atoms with van der Waals surface area (Å²) in [5.74, 6) is 0. The molecule has 4 heteroatoms. The number of rotatable bonds is 2. The molecule has 0 saturated carbocycles. The zero-order valence-electron chi connectivity index (χ0n) is 5.87. The first-order valence-electron chi connectivity index (χ1n) is 3.23. The highest BCUT2D eigenvalue weighted by Gasteiger charge is 2.04. The molecule has 0 fully saturated rings. The lowest BCUT2D eigenvalue weighted by atomic mass is 10.2. The molecule has 3 nitrogen and oxygen atoms in total. The second-order valence-corrected chi connectivity index (χ2v) is 2.56. The van der Waals surface area contributed by atoms with Crippen LogP contribution in [0.5, 0.6) is 0 Å². The number of hydrogen-bond acceptors (Lipinski definition) is 3. The smallest absolute Gasteiger partial charge is 0.129 e. The van der Waals surface area contributed by atoms with Crippen molar-refractivity contribution in [3.63, 3.8) is 0 Å². The molecule has 60 valence electrons. The van der Waals surface area contributed by atoms with Crippen molar-refractivity contribution in [1.82, 2.24) is 4.98 Å². The van der Waals surface area contributed by atoms with Crippen molar-refractivity contribution in [2.24, 2.45) is 5.73 Å². The first kappa shape index (κ1) is 8.46. The Hall–Kier alpha value is -0.640. The van der Waals surface area contributed by atoms with Crippen LogP contribution >= 0.6 is 11.6 Å². The number of nitrogens with two attached hydrogens (primary N) is 1. The molecule has 3 N–H and O–H groups in total. The molecular weight excluding hydrogens is 164 g/mol. The Kier molecular flexibility index (Phi) is 2.82. The van der Waals surface area contributed by atoms with Crippen LogP contribution in [-0.4, -0.2) is 16.7 Å². The minimum atomic E-state index is -0.436. The lowest BCUT2D eigenvalue weighted by Crippen LogP contribution is -2.15. The molecule has 1 heterocycles. The number of hydrogen-bond donors (Lipinski definition) is 2. The van der Waals surface area contributed by atoms with E-state index < -0.39 is 6.04 Å². The van der Waals surface area contributed by atoms with Gasteiger partial charge in [-0.1, -0.05) is 17.7 Å². The number of pyridine rings is 1. The summed E-state index contributed by atoms with van der Waals surface area (Å²) in [5.41, 5.74) is 6.10. The van der Waals surface area contributed by atoms with Gasteiger partial charge in [0.25, 0.3) is 0 Å². The Morgan fingerprint density at radius 3 is 2.91 bits per heavy atom. The van der Waals surface area contributed by atoms with E-state index in [2.05, 4.69) is 4.98 Å². The molecule has 1 aromatic rings. The van der Waals surface area contributed by atoms with Crippen molar-refractivity contribution >= 4 is 11.6 Å². The van der Waals surface area contributed by atoms with Gasteiger partial charge in [-0.2, -0.15) is 0 Å². The molecule has 11 heavy (non-hydrogen) atoms. The first-order valence-corrected chi connectivity index (χ1v) is 3.60. The van der Waals surface area contributed by atoms with Crippen molar-refractivity contribution in [3.05, 3.63) is 29.0 Å². The number of aliphatic hydroxyl groups excluding tert-OH is 1. The minimum absolute atomic E-state index is 0.118. The second kappa shape index (κ2) is 3.67. The van der Waals surface area contributed by atoms with Crippen molar-refractivity contribution < 1.29 is 5.11 Å². The zero-order chi connectivity index (χ0) is 8.27. The summed E-state index contributed by atoms with van der Waals surface area (Å²) >= 11 is 5.60. The molecular formula is C7H9ClN2O. The van der Waals surface area contributed by atoms with E-state index in [1.165, 1.54) is 0 Å². The number of aromatic nitrogens is 1. The summed E-state index contributed by atoms with van der Waals surface area (Å²) in [5, 5.41) is 9.07. The van der Waals surface area contributed by atoms with Gasteiger partial charge in [-0.05, 0) is 12.1 Å². The molecule has 0 aliphatic rings.